The lowest BCUT2D eigenvalue weighted by Crippen LogP contribution is -2.44. The number of likely N-dealkylation sites (N-methyl/N-ethyl adjacent to an activating group) is 1. The van der Waals surface area contributed by atoms with Crippen LogP contribution in [-0.2, 0) is 0 Å². The van der Waals surface area contributed by atoms with Gasteiger partial charge in [0.2, 0.25) is 0 Å². The number of nitrogens with zero attached hydrogens (tertiary/aromatic N) is 2. The number of H-pyrrole nitrogens is 1. The fraction of sp³-hybridized carbons (Fsp3) is 0.304. The number of aryl methyl sites for hydroxylation is 1. The number of rotatable bonds is 4. The minimum absolute atomic E-state index is 0.155. The summed E-state index contributed by atoms with van der Waals surface area (Å²) in [6, 6.07) is 12.4. The predicted molar refractivity (Wildman–Crippen MR) is 120 cm³/mol. The van der Waals surface area contributed by atoms with Crippen molar-refractivity contribution in [3.8, 4) is 5.75 Å². The first-order valence-corrected chi connectivity index (χ1v) is 10.0. The largest absolute Gasteiger partial charge is 0.497 e. The summed E-state index contributed by atoms with van der Waals surface area (Å²) in [6.45, 7) is 5.58. The first-order chi connectivity index (χ1) is 14.5. The van der Waals surface area contributed by atoms with Crippen molar-refractivity contribution in [2.45, 2.75) is 6.92 Å². The number of aromatic nitrogens is 1. The van der Waals surface area contributed by atoms with Gasteiger partial charge in [0.15, 0.2) is 5.43 Å². The zero-order chi connectivity index (χ0) is 21.3. The van der Waals surface area contributed by atoms with E-state index in [9.17, 15) is 9.59 Å². The molecule has 1 aromatic heterocycles. The van der Waals surface area contributed by atoms with Gasteiger partial charge in [0, 0.05) is 37.9 Å². The molecular weight excluding hydrogens is 380 g/mol. The summed E-state index contributed by atoms with van der Waals surface area (Å²) in [5, 5.41) is 3.47. The molecule has 1 amide bonds. The number of hydrogen-bond donors (Lipinski definition) is 2. The number of benzene rings is 2. The predicted octanol–water partition coefficient (Wildman–Crippen LogP) is 2.85. The molecule has 1 aliphatic rings. The molecule has 7 heteroatoms. The van der Waals surface area contributed by atoms with E-state index >= 15 is 0 Å². The van der Waals surface area contributed by atoms with Crippen molar-refractivity contribution in [2.75, 3.05) is 50.6 Å². The third-order valence-corrected chi connectivity index (χ3v) is 5.61. The number of carbonyl (C=O) groups excluding carboxylic acids is 1. The second-order valence-electron chi connectivity index (χ2n) is 7.67. The SMILES string of the molecule is COc1ccc(NC(=O)c2cc(=O)c3c(C)ccc(N4CCN(C)CC4)c3[nH]2)cc1. The van der Waals surface area contributed by atoms with Gasteiger partial charge in [-0.25, -0.2) is 0 Å². The van der Waals surface area contributed by atoms with E-state index in [1.54, 1.807) is 31.4 Å². The number of amides is 1. The van der Waals surface area contributed by atoms with Crippen molar-refractivity contribution in [2.24, 2.45) is 0 Å². The van der Waals surface area contributed by atoms with E-state index in [1.165, 1.54) is 6.07 Å². The summed E-state index contributed by atoms with van der Waals surface area (Å²) in [6.07, 6.45) is 0. The normalized spacial score (nSPS) is 14.7. The average Bonchev–Trinajstić information content (AvgIpc) is 2.75. The Kier molecular flexibility index (Phi) is 5.46. The Balaban J connectivity index is 1.71. The van der Waals surface area contributed by atoms with Gasteiger partial charge in [0.05, 0.1) is 23.7 Å². The fourth-order valence-corrected chi connectivity index (χ4v) is 3.82. The van der Waals surface area contributed by atoms with Gasteiger partial charge in [-0.3, -0.25) is 9.59 Å². The molecule has 0 saturated carbocycles. The Bertz CT molecular complexity index is 1130. The van der Waals surface area contributed by atoms with Crippen LogP contribution >= 0.6 is 0 Å². The Morgan fingerprint density at radius 1 is 1.07 bits per heavy atom. The number of methoxy groups -OCH3 is 1. The molecule has 30 heavy (non-hydrogen) atoms. The second-order valence-corrected chi connectivity index (χ2v) is 7.67. The van der Waals surface area contributed by atoms with Crippen molar-refractivity contribution >= 4 is 28.2 Å². The van der Waals surface area contributed by atoms with Crippen molar-refractivity contribution in [1.29, 1.82) is 0 Å². The Hall–Kier alpha value is -3.32. The van der Waals surface area contributed by atoms with Crippen LogP contribution in [-0.4, -0.2) is 56.1 Å². The van der Waals surface area contributed by atoms with Gasteiger partial charge in [-0.2, -0.15) is 0 Å². The molecule has 4 rings (SSSR count). The van der Waals surface area contributed by atoms with Crippen LogP contribution in [0.3, 0.4) is 0 Å². The van der Waals surface area contributed by atoms with Gasteiger partial charge in [0.1, 0.15) is 11.4 Å². The van der Waals surface area contributed by atoms with Crippen molar-refractivity contribution < 1.29 is 9.53 Å². The standard InChI is InChI=1S/C23H26N4O3/c1-15-4-9-19(27-12-10-26(2)11-13-27)22-21(15)20(28)14-18(25-22)23(29)24-16-5-7-17(30-3)8-6-16/h4-9,14H,10-13H2,1-3H3,(H,24,29)(H,25,28). The monoisotopic (exact) mass is 406 g/mol. The van der Waals surface area contributed by atoms with E-state index in [4.69, 9.17) is 4.74 Å². The van der Waals surface area contributed by atoms with Crippen LogP contribution in [0.25, 0.3) is 10.9 Å². The molecule has 0 radical (unpaired) electrons. The molecule has 0 atom stereocenters. The molecule has 0 spiro atoms. The van der Waals surface area contributed by atoms with E-state index < -0.39 is 0 Å². The molecule has 0 aliphatic carbocycles. The number of hydrogen-bond acceptors (Lipinski definition) is 5. The number of anilines is 2. The molecular formula is C23H26N4O3. The lowest BCUT2D eigenvalue weighted by Gasteiger charge is -2.34. The molecule has 1 fully saturated rings. The molecule has 1 aliphatic heterocycles. The van der Waals surface area contributed by atoms with Crippen LogP contribution in [0.2, 0.25) is 0 Å². The van der Waals surface area contributed by atoms with E-state index in [-0.39, 0.29) is 17.0 Å². The van der Waals surface area contributed by atoms with Gasteiger partial charge in [-0.15, -0.1) is 0 Å². The van der Waals surface area contributed by atoms with Gasteiger partial charge in [-0.05, 0) is 49.9 Å². The van der Waals surface area contributed by atoms with E-state index in [1.807, 2.05) is 19.1 Å². The lowest BCUT2D eigenvalue weighted by atomic mass is 10.1. The summed E-state index contributed by atoms with van der Waals surface area (Å²) >= 11 is 0. The number of piperazine rings is 1. The van der Waals surface area contributed by atoms with Crippen LogP contribution in [0, 0.1) is 6.92 Å². The van der Waals surface area contributed by atoms with Gasteiger partial charge >= 0.3 is 0 Å². The molecule has 156 valence electrons. The van der Waals surface area contributed by atoms with Gasteiger partial charge in [0.25, 0.3) is 5.91 Å². The van der Waals surface area contributed by atoms with Crippen LogP contribution in [0.1, 0.15) is 16.1 Å². The van der Waals surface area contributed by atoms with Crippen molar-refractivity contribution in [3.63, 3.8) is 0 Å². The summed E-state index contributed by atoms with van der Waals surface area (Å²) in [4.78, 5) is 33.5. The maximum absolute atomic E-state index is 12.9. The van der Waals surface area contributed by atoms with Crippen LogP contribution in [0.5, 0.6) is 5.75 Å². The number of nitrogens with one attached hydrogen (secondary N) is 2. The number of fused-ring (bicyclic) bond motifs is 1. The number of carbonyl (C=O) groups is 1. The first-order valence-electron chi connectivity index (χ1n) is 10.0. The highest BCUT2D eigenvalue weighted by Crippen LogP contribution is 2.27. The lowest BCUT2D eigenvalue weighted by molar-refractivity contribution is 0.102. The van der Waals surface area contributed by atoms with Crippen LogP contribution < -0.4 is 20.4 Å². The quantitative estimate of drug-likeness (QED) is 0.697. The molecule has 1 saturated heterocycles. The Morgan fingerprint density at radius 2 is 1.77 bits per heavy atom. The van der Waals surface area contributed by atoms with Crippen molar-refractivity contribution in [1.82, 2.24) is 9.88 Å². The van der Waals surface area contributed by atoms with Crippen molar-refractivity contribution in [3.05, 3.63) is 63.9 Å². The third kappa shape index (κ3) is 3.89. The Morgan fingerprint density at radius 3 is 2.43 bits per heavy atom. The summed E-state index contributed by atoms with van der Waals surface area (Å²) in [7, 11) is 3.70. The van der Waals surface area contributed by atoms with E-state index in [0.717, 1.165) is 37.4 Å². The highest BCUT2D eigenvalue weighted by atomic mass is 16.5. The zero-order valence-electron chi connectivity index (χ0n) is 17.5. The first kappa shape index (κ1) is 20.0. The highest BCUT2D eigenvalue weighted by molar-refractivity contribution is 6.05. The highest BCUT2D eigenvalue weighted by Gasteiger charge is 2.20. The number of pyridine rings is 1. The fourth-order valence-electron chi connectivity index (χ4n) is 3.82. The molecule has 0 unspecified atom stereocenters. The van der Waals surface area contributed by atoms with Crippen LogP contribution in [0.4, 0.5) is 11.4 Å². The molecule has 7 nitrogen and oxygen atoms in total. The van der Waals surface area contributed by atoms with Gasteiger partial charge in [-0.1, -0.05) is 6.07 Å². The van der Waals surface area contributed by atoms with E-state index in [2.05, 4.69) is 27.1 Å². The maximum Gasteiger partial charge on any atom is 0.272 e. The van der Waals surface area contributed by atoms with Gasteiger partial charge < -0.3 is 24.8 Å². The molecule has 2 heterocycles. The molecule has 2 N–H and O–H groups in total. The zero-order valence-corrected chi connectivity index (χ0v) is 17.5. The Labute approximate surface area is 175 Å². The maximum atomic E-state index is 12.9. The molecule has 2 aromatic carbocycles. The number of aromatic amines is 1. The average molecular weight is 406 g/mol. The summed E-state index contributed by atoms with van der Waals surface area (Å²) in [5.74, 6) is 0.351. The summed E-state index contributed by atoms with van der Waals surface area (Å²) in [5.41, 5.74) is 3.28. The second kappa shape index (κ2) is 8.20. The molecule has 0 bridgehead atoms. The van der Waals surface area contributed by atoms with E-state index in [0.29, 0.717) is 22.3 Å². The minimum atomic E-state index is -0.356. The third-order valence-electron chi connectivity index (χ3n) is 5.61. The smallest absolute Gasteiger partial charge is 0.272 e. The van der Waals surface area contributed by atoms with Crippen LogP contribution in [0.15, 0.2) is 47.3 Å². The topological polar surface area (TPSA) is 77.7 Å². The number of ether oxygens (including phenoxy) is 1. The minimum Gasteiger partial charge on any atom is -0.497 e. The molecule has 3 aromatic rings. The summed E-state index contributed by atoms with van der Waals surface area (Å²) < 4.78 is 5.14.